The van der Waals surface area contributed by atoms with Crippen LogP contribution in [0.3, 0.4) is 0 Å². The number of carbonyl (C=O) groups excluding carboxylic acids is 2. The molecule has 9 nitrogen and oxygen atoms in total. The first-order chi connectivity index (χ1) is 19.0. The van der Waals surface area contributed by atoms with Gasteiger partial charge in [0.15, 0.2) is 0 Å². The maximum atomic E-state index is 12.4. The summed E-state index contributed by atoms with van der Waals surface area (Å²) in [6.07, 6.45) is 10.1. The van der Waals surface area contributed by atoms with E-state index in [1.54, 1.807) is 11.0 Å². The van der Waals surface area contributed by atoms with Gasteiger partial charge in [-0.05, 0) is 98.9 Å². The van der Waals surface area contributed by atoms with E-state index in [4.69, 9.17) is 4.74 Å². The van der Waals surface area contributed by atoms with Crippen molar-refractivity contribution in [1.82, 2.24) is 15.1 Å². The number of aliphatic hydroxyl groups is 1. The second kappa shape index (κ2) is 10.3. The molecule has 0 bridgehead atoms. The molecule has 4 aliphatic carbocycles. The highest BCUT2D eigenvalue weighted by atomic mass is 16.5. The van der Waals surface area contributed by atoms with Gasteiger partial charge in [0.2, 0.25) is 5.91 Å². The summed E-state index contributed by atoms with van der Waals surface area (Å²) in [5.41, 5.74) is 0.227. The van der Waals surface area contributed by atoms with Gasteiger partial charge in [-0.25, -0.2) is 9.59 Å². The number of piperazine rings is 1. The fourth-order valence-electron chi connectivity index (χ4n) is 10.5. The quantitative estimate of drug-likeness (QED) is 0.428. The van der Waals surface area contributed by atoms with Gasteiger partial charge in [-0.2, -0.15) is 0 Å². The van der Waals surface area contributed by atoms with Crippen molar-refractivity contribution in [2.75, 3.05) is 39.3 Å². The van der Waals surface area contributed by atoms with Gasteiger partial charge in [-0.15, -0.1) is 0 Å². The van der Waals surface area contributed by atoms with Crippen LogP contribution in [0.15, 0.2) is 11.6 Å². The Labute approximate surface area is 237 Å². The lowest BCUT2D eigenvalue weighted by molar-refractivity contribution is -0.206. The highest BCUT2D eigenvalue weighted by Crippen LogP contribution is 2.70. The normalized spacial score (nSPS) is 43.2. The van der Waals surface area contributed by atoms with E-state index < -0.39 is 11.7 Å². The van der Waals surface area contributed by atoms with Crippen LogP contribution >= 0.6 is 0 Å². The fourth-order valence-corrected chi connectivity index (χ4v) is 10.5. The molecule has 4 saturated carbocycles. The van der Waals surface area contributed by atoms with E-state index in [1.165, 1.54) is 0 Å². The number of nitrogens with one attached hydrogen (secondary N) is 1. The third-order valence-corrected chi connectivity index (χ3v) is 12.6. The van der Waals surface area contributed by atoms with Crippen LogP contribution in [-0.2, 0) is 14.3 Å². The maximum Gasteiger partial charge on any atom is 0.407 e. The molecule has 2 aliphatic heterocycles. The molecular formula is C31H47N3O6. The number of amides is 2. The second-order valence-electron chi connectivity index (χ2n) is 14.2. The maximum absolute atomic E-state index is 12.4. The Morgan fingerprint density at radius 2 is 1.95 bits per heavy atom. The van der Waals surface area contributed by atoms with Crippen LogP contribution in [0.1, 0.15) is 78.1 Å². The molecule has 5 fully saturated rings. The molecule has 0 aromatic heterocycles. The van der Waals surface area contributed by atoms with Crippen molar-refractivity contribution in [3.63, 3.8) is 0 Å². The third-order valence-electron chi connectivity index (χ3n) is 12.6. The number of carboxylic acid groups (broad SMARTS) is 1. The SMILES string of the molecule is C[C@]12CC[C@H](N(CCCN3CCNC(=O)C3)C(=O)O)C[C@H]1CC[C@@H]1[C@@H]2CC[C@]2(C)[C@@H](C3=CC(=O)OC3)CC[C@]12O. The van der Waals surface area contributed by atoms with Gasteiger partial charge >= 0.3 is 12.1 Å². The number of hydrogen-bond acceptors (Lipinski definition) is 6. The lowest BCUT2D eigenvalue weighted by atomic mass is 9.43. The number of cyclic esters (lactones) is 1. The number of esters is 1. The summed E-state index contributed by atoms with van der Waals surface area (Å²) in [4.78, 5) is 39.6. The van der Waals surface area contributed by atoms with Crippen LogP contribution in [0.5, 0.6) is 0 Å². The van der Waals surface area contributed by atoms with Crippen molar-refractivity contribution in [2.45, 2.75) is 89.7 Å². The molecule has 8 atom stereocenters. The molecule has 40 heavy (non-hydrogen) atoms. The minimum Gasteiger partial charge on any atom is -0.465 e. The Kier molecular flexibility index (Phi) is 7.21. The number of fused-ring (bicyclic) bond motifs is 5. The van der Waals surface area contributed by atoms with Gasteiger partial charge in [0.05, 0.1) is 12.1 Å². The average Bonchev–Trinajstić information content (AvgIpc) is 3.46. The number of rotatable bonds is 6. The first-order valence-corrected chi connectivity index (χ1v) is 15.6. The number of nitrogens with zero attached hydrogens (tertiary/aromatic N) is 2. The summed E-state index contributed by atoms with van der Waals surface area (Å²) in [6.45, 7) is 8.19. The van der Waals surface area contributed by atoms with E-state index in [0.717, 1.165) is 82.9 Å². The zero-order chi connectivity index (χ0) is 28.3. The topological polar surface area (TPSA) is 119 Å². The Morgan fingerprint density at radius 1 is 1.12 bits per heavy atom. The predicted molar refractivity (Wildman–Crippen MR) is 148 cm³/mol. The van der Waals surface area contributed by atoms with Crippen LogP contribution in [0.25, 0.3) is 0 Å². The van der Waals surface area contributed by atoms with Gasteiger partial charge < -0.3 is 25.2 Å². The molecule has 0 spiro atoms. The molecule has 0 aromatic rings. The van der Waals surface area contributed by atoms with Gasteiger partial charge in [0.1, 0.15) is 6.61 Å². The van der Waals surface area contributed by atoms with E-state index in [1.807, 2.05) is 0 Å². The molecule has 2 amide bonds. The smallest absolute Gasteiger partial charge is 0.407 e. The second-order valence-corrected chi connectivity index (χ2v) is 14.2. The summed E-state index contributed by atoms with van der Waals surface area (Å²) in [5.74, 6) is 1.17. The zero-order valence-corrected chi connectivity index (χ0v) is 24.2. The van der Waals surface area contributed by atoms with Crippen molar-refractivity contribution < 1.29 is 29.3 Å². The Balaban J connectivity index is 1.12. The summed E-state index contributed by atoms with van der Waals surface area (Å²) in [6, 6.07) is 0.0384. The summed E-state index contributed by atoms with van der Waals surface area (Å²) in [7, 11) is 0. The summed E-state index contributed by atoms with van der Waals surface area (Å²) >= 11 is 0. The highest BCUT2D eigenvalue weighted by molar-refractivity contribution is 5.85. The Morgan fingerprint density at radius 3 is 2.67 bits per heavy atom. The lowest BCUT2D eigenvalue weighted by Crippen LogP contribution is -2.63. The molecular weight excluding hydrogens is 510 g/mol. The molecule has 6 rings (SSSR count). The van der Waals surface area contributed by atoms with Crippen LogP contribution in [0, 0.1) is 34.5 Å². The highest BCUT2D eigenvalue weighted by Gasteiger charge is 2.67. The van der Waals surface area contributed by atoms with Crippen LogP contribution in [-0.4, -0.2) is 89.0 Å². The monoisotopic (exact) mass is 557 g/mol. The van der Waals surface area contributed by atoms with Gasteiger partial charge in [0.25, 0.3) is 0 Å². The van der Waals surface area contributed by atoms with Crippen LogP contribution < -0.4 is 5.32 Å². The largest absolute Gasteiger partial charge is 0.465 e. The predicted octanol–water partition coefficient (Wildman–Crippen LogP) is 3.41. The van der Waals surface area contributed by atoms with E-state index in [-0.39, 0.29) is 40.6 Å². The molecule has 9 heteroatoms. The van der Waals surface area contributed by atoms with Crippen molar-refractivity contribution in [2.24, 2.45) is 34.5 Å². The third kappa shape index (κ3) is 4.46. The molecule has 0 aromatic carbocycles. The standard InChI is InChI=1S/C31H47N3O6/c1-29-9-6-22(34(28(37)38)14-3-13-33-15-12-32-26(35)18-33)17-21(29)4-5-25-24(29)7-10-30(2)23(8-11-31(25,30)39)20-16-27(36)40-19-20/h16,21-25,39H,3-15,17-19H2,1-2H3,(H,32,35)(H,37,38)/t21-,22+,23-,24+,25-,29+,30-,31+/m1/s1. The van der Waals surface area contributed by atoms with Crippen molar-refractivity contribution in [1.29, 1.82) is 0 Å². The minimum absolute atomic E-state index is 0.0384. The Bertz CT molecular complexity index is 1080. The molecule has 1 saturated heterocycles. The van der Waals surface area contributed by atoms with Gasteiger partial charge in [-0.3, -0.25) is 9.69 Å². The van der Waals surface area contributed by atoms with E-state index >= 15 is 0 Å². The van der Waals surface area contributed by atoms with Crippen LogP contribution in [0.4, 0.5) is 4.79 Å². The number of carbonyl (C=O) groups is 3. The van der Waals surface area contributed by atoms with E-state index in [2.05, 4.69) is 24.1 Å². The van der Waals surface area contributed by atoms with Crippen molar-refractivity contribution >= 4 is 18.0 Å². The average molecular weight is 558 g/mol. The Hall–Kier alpha value is -2.13. The van der Waals surface area contributed by atoms with Gasteiger partial charge in [-0.1, -0.05) is 13.8 Å². The molecule has 6 aliphatic rings. The molecule has 222 valence electrons. The minimum atomic E-state index is -0.831. The van der Waals surface area contributed by atoms with E-state index in [0.29, 0.717) is 38.1 Å². The van der Waals surface area contributed by atoms with Crippen molar-refractivity contribution in [3.8, 4) is 0 Å². The lowest BCUT2D eigenvalue weighted by Gasteiger charge is -2.64. The molecule has 0 unspecified atom stereocenters. The fraction of sp³-hybridized carbons (Fsp3) is 0.839. The molecule has 2 heterocycles. The number of ether oxygens (including phenoxy) is 1. The van der Waals surface area contributed by atoms with Crippen molar-refractivity contribution in [3.05, 3.63) is 11.6 Å². The summed E-state index contributed by atoms with van der Waals surface area (Å²) < 4.78 is 5.26. The zero-order valence-electron chi connectivity index (χ0n) is 24.2. The first kappa shape index (κ1) is 28.0. The molecule has 3 N–H and O–H groups in total. The van der Waals surface area contributed by atoms with E-state index in [9.17, 15) is 24.6 Å². The van der Waals surface area contributed by atoms with Crippen LogP contribution in [0.2, 0.25) is 0 Å². The number of hydrogen-bond donors (Lipinski definition) is 3. The first-order valence-electron chi connectivity index (χ1n) is 15.6. The molecule has 0 radical (unpaired) electrons. The summed E-state index contributed by atoms with van der Waals surface area (Å²) in [5, 5.41) is 25.4. The van der Waals surface area contributed by atoms with Gasteiger partial charge in [0, 0.05) is 43.7 Å².